The topological polar surface area (TPSA) is 98.6 Å². The van der Waals surface area contributed by atoms with E-state index in [-0.39, 0.29) is 31.0 Å². The Hall–Kier alpha value is -4.24. The van der Waals surface area contributed by atoms with Crippen LogP contribution in [0.25, 0.3) is 11.0 Å². The minimum absolute atomic E-state index is 0.0140. The van der Waals surface area contributed by atoms with Crippen LogP contribution in [0.4, 0.5) is 0 Å². The third-order valence-corrected chi connectivity index (χ3v) is 7.02. The second-order valence-electron chi connectivity index (χ2n) is 9.80. The van der Waals surface area contributed by atoms with Crippen LogP contribution >= 0.6 is 0 Å². The molecule has 2 amide bonds. The van der Waals surface area contributed by atoms with Gasteiger partial charge in [0.15, 0.2) is 0 Å². The van der Waals surface area contributed by atoms with E-state index in [4.69, 9.17) is 9.47 Å². The Balaban J connectivity index is 1.49. The number of hydrogen-bond acceptors (Lipinski definition) is 6. The minimum Gasteiger partial charge on any atom is -0.497 e. The first-order valence-electron chi connectivity index (χ1n) is 13.2. The van der Waals surface area contributed by atoms with Gasteiger partial charge in [-0.3, -0.25) is 9.59 Å². The number of ether oxygens (including phenoxy) is 2. The van der Waals surface area contributed by atoms with Crippen LogP contribution in [0.1, 0.15) is 35.6 Å². The van der Waals surface area contributed by atoms with Crippen molar-refractivity contribution in [3.63, 3.8) is 0 Å². The van der Waals surface area contributed by atoms with Gasteiger partial charge in [-0.25, -0.2) is 4.68 Å². The van der Waals surface area contributed by atoms with E-state index < -0.39 is 6.04 Å². The van der Waals surface area contributed by atoms with Crippen LogP contribution in [0.5, 0.6) is 5.75 Å². The number of nitrogens with one attached hydrogen (secondary N) is 1. The molecule has 1 N–H and O–H groups in total. The van der Waals surface area contributed by atoms with Gasteiger partial charge in [-0.05, 0) is 55.2 Å². The van der Waals surface area contributed by atoms with E-state index in [0.717, 1.165) is 40.8 Å². The summed E-state index contributed by atoms with van der Waals surface area (Å²) in [6.07, 6.45) is 1.87. The predicted octanol–water partition coefficient (Wildman–Crippen LogP) is 3.81. The highest BCUT2D eigenvalue weighted by molar-refractivity contribution is 5.89. The summed E-state index contributed by atoms with van der Waals surface area (Å²) < 4.78 is 12.6. The molecule has 2 atom stereocenters. The van der Waals surface area contributed by atoms with Gasteiger partial charge in [0.2, 0.25) is 11.8 Å². The van der Waals surface area contributed by atoms with Crippen molar-refractivity contribution in [2.24, 2.45) is 0 Å². The Morgan fingerprint density at radius 1 is 1.10 bits per heavy atom. The van der Waals surface area contributed by atoms with Crippen molar-refractivity contribution in [1.82, 2.24) is 25.2 Å². The average Bonchev–Trinajstić information content (AvgIpc) is 3.63. The molecule has 4 aromatic rings. The minimum atomic E-state index is -0.851. The molecule has 39 heavy (non-hydrogen) atoms. The van der Waals surface area contributed by atoms with Gasteiger partial charge in [-0.15, -0.1) is 5.10 Å². The Morgan fingerprint density at radius 3 is 2.59 bits per heavy atom. The zero-order chi connectivity index (χ0) is 27.2. The van der Waals surface area contributed by atoms with E-state index in [1.807, 2.05) is 79.7 Å². The summed E-state index contributed by atoms with van der Waals surface area (Å²) in [6, 6.07) is 21.9. The molecule has 0 bridgehead atoms. The number of carbonyl (C=O) groups excluding carboxylic acids is 2. The Labute approximate surface area is 227 Å². The third kappa shape index (κ3) is 6.26. The number of fused-ring (bicyclic) bond motifs is 1. The van der Waals surface area contributed by atoms with Crippen molar-refractivity contribution in [1.29, 1.82) is 0 Å². The van der Waals surface area contributed by atoms with Gasteiger partial charge in [0, 0.05) is 19.7 Å². The van der Waals surface area contributed by atoms with Crippen molar-refractivity contribution in [2.45, 2.75) is 45.0 Å². The zero-order valence-corrected chi connectivity index (χ0v) is 22.2. The summed E-state index contributed by atoms with van der Waals surface area (Å²) in [7, 11) is 1.61. The molecule has 0 spiro atoms. The molecule has 0 saturated carbocycles. The molecule has 3 aromatic carbocycles. The molecule has 0 aliphatic carbocycles. The van der Waals surface area contributed by atoms with Crippen molar-refractivity contribution >= 4 is 22.8 Å². The first kappa shape index (κ1) is 26.4. The molecule has 0 radical (unpaired) electrons. The maximum Gasteiger partial charge on any atom is 0.247 e. The summed E-state index contributed by atoms with van der Waals surface area (Å²) in [5.74, 6) is 0.217. The smallest absolute Gasteiger partial charge is 0.247 e. The highest BCUT2D eigenvalue weighted by atomic mass is 16.5. The number of benzene rings is 3. The monoisotopic (exact) mass is 527 g/mol. The van der Waals surface area contributed by atoms with Gasteiger partial charge in [0.1, 0.15) is 23.9 Å². The molecule has 1 fully saturated rings. The molecule has 0 unspecified atom stereocenters. The maximum atomic E-state index is 14.0. The quantitative estimate of drug-likeness (QED) is 0.337. The SMILES string of the molecule is COc1ccc(CN(C(=O)Cn2nnc3ccccc32)[C@@H](C(=O)NC[C@H]2CCCO2)c2ccc(C)cc2)cc1. The predicted molar refractivity (Wildman–Crippen MR) is 147 cm³/mol. The standard InChI is InChI=1S/C30H33N5O4/c1-21-9-13-23(14-10-21)29(30(37)31-18-25-6-5-17-39-25)34(19-22-11-15-24(38-2)16-12-22)28(36)20-35-27-8-4-3-7-26(27)32-33-35/h3-4,7-16,25,29H,5-6,17-20H2,1-2H3,(H,31,37)/t25-,29-/m1/s1. The number of hydrogen-bond donors (Lipinski definition) is 1. The number of methoxy groups -OCH3 is 1. The summed E-state index contributed by atoms with van der Waals surface area (Å²) >= 11 is 0. The van der Waals surface area contributed by atoms with E-state index in [1.165, 1.54) is 0 Å². The fraction of sp³-hybridized carbons (Fsp3) is 0.333. The van der Waals surface area contributed by atoms with Gasteiger partial charge in [-0.2, -0.15) is 0 Å². The van der Waals surface area contributed by atoms with Crippen LogP contribution in [0.3, 0.4) is 0 Å². The van der Waals surface area contributed by atoms with Crippen LogP contribution in [0.15, 0.2) is 72.8 Å². The largest absolute Gasteiger partial charge is 0.497 e. The fourth-order valence-corrected chi connectivity index (χ4v) is 4.84. The number of nitrogens with zero attached hydrogens (tertiary/aromatic N) is 4. The molecule has 2 heterocycles. The second kappa shape index (κ2) is 12.1. The number of amides is 2. The van der Waals surface area contributed by atoms with Crippen molar-refractivity contribution < 1.29 is 19.1 Å². The summed E-state index contributed by atoms with van der Waals surface area (Å²) in [5.41, 5.74) is 4.13. The van der Waals surface area contributed by atoms with Crippen LogP contribution in [0.2, 0.25) is 0 Å². The van der Waals surface area contributed by atoms with E-state index in [2.05, 4.69) is 15.6 Å². The molecule has 1 saturated heterocycles. The summed E-state index contributed by atoms with van der Waals surface area (Å²) in [5, 5.41) is 11.5. The van der Waals surface area contributed by atoms with Crippen molar-refractivity contribution in [2.75, 3.05) is 20.3 Å². The lowest BCUT2D eigenvalue weighted by Gasteiger charge is -2.32. The van der Waals surface area contributed by atoms with Crippen LogP contribution < -0.4 is 10.1 Å². The van der Waals surface area contributed by atoms with E-state index >= 15 is 0 Å². The number of carbonyl (C=O) groups is 2. The Morgan fingerprint density at radius 2 is 1.87 bits per heavy atom. The van der Waals surface area contributed by atoms with Crippen molar-refractivity contribution in [3.8, 4) is 5.75 Å². The molecule has 9 heteroatoms. The van der Waals surface area contributed by atoms with Gasteiger partial charge in [0.25, 0.3) is 0 Å². The molecule has 5 rings (SSSR count). The second-order valence-corrected chi connectivity index (χ2v) is 9.80. The average molecular weight is 528 g/mol. The molecule has 1 aromatic heterocycles. The fourth-order valence-electron chi connectivity index (χ4n) is 4.84. The highest BCUT2D eigenvalue weighted by Crippen LogP contribution is 2.26. The van der Waals surface area contributed by atoms with E-state index in [0.29, 0.717) is 18.7 Å². The van der Waals surface area contributed by atoms with Gasteiger partial charge in [0.05, 0.1) is 18.7 Å². The summed E-state index contributed by atoms with van der Waals surface area (Å²) in [4.78, 5) is 29.5. The number of para-hydroxylation sites is 1. The van der Waals surface area contributed by atoms with Crippen molar-refractivity contribution in [3.05, 3.63) is 89.5 Å². The normalized spacial score (nSPS) is 15.7. The van der Waals surface area contributed by atoms with Crippen LogP contribution in [-0.4, -0.2) is 58.1 Å². The zero-order valence-electron chi connectivity index (χ0n) is 22.2. The summed E-state index contributed by atoms with van der Waals surface area (Å²) in [6.45, 7) is 3.27. The molecular formula is C30H33N5O4. The lowest BCUT2D eigenvalue weighted by Crippen LogP contribution is -2.46. The number of aryl methyl sites for hydroxylation is 1. The first-order valence-corrected chi connectivity index (χ1v) is 13.2. The molecule has 9 nitrogen and oxygen atoms in total. The number of rotatable bonds is 10. The van der Waals surface area contributed by atoms with E-state index in [1.54, 1.807) is 16.7 Å². The highest BCUT2D eigenvalue weighted by Gasteiger charge is 2.32. The lowest BCUT2D eigenvalue weighted by atomic mass is 10.0. The van der Waals surface area contributed by atoms with Crippen LogP contribution in [-0.2, 0) is 27.4 Å². The molecular weight excluding hydrogens is 494 g/mol. The van der Waals surface area contributed by atoms with Gasteiger partial charge in [-0.1, -0.05) is 59.3 Å². The van der Waals surface area contributed by atoms with Crippen LogP contribution in [0, 0.1) is 6.92 Å². The van der Waals surface area contributed by atoms with Gasteiger partial charge < -0.3 is 19.7 Å². The van der Waals surface area contributed by atoms with E-state index in [9.17, 15) is 9.59 Å². The van der Waals surface area contributed by atoms with Gasteiger partial charge >= 0.3 is 0 Å². The molecule has 1 aliphatic heterocycles. The first-order chi connectivity index (χ1) is 19.0. The Kier molecular flexibility index (Phi) is 8.17. The maximum absolute atomic E-state index is 14.0. The molecule has 1 aliphatic rings. The molecule has 202 valence electrons. The Bertz CT molecular complexity index is 1410. The number of aromatic nitrogens is 3. The third-order valence-electron chi connectivity index (χ3n) is 7.02. The lowest BCUT2D eigenvalue weighted by molar-refractivity contribution is -0.142.